The molecule has 1 unspecified atom stereocenters. The Morgan fingerprint density at radius 1 is 1.53 bits per heavy atom. The van der Waals surface area contributed by atoms with E-state index in [1.165, 1.54) is 0 Å². The molecule has 1 aliphatic heterocycles. The topological polar surface area (TPSA) is 36.3 Å². The molecule has 90 valence electrons. The van der Waals surface area contributed by atoms with Crippen LogP contribution < -0.4 is 4.90 Å². The van der Waals surface area contributed by atoms with Crippen molar-refractivity contribution < 1.29 is 4.74 Å². The molecule has 0 bridgehead atoms. The highest BCUT2D eigenvalue weighted by Gasteiger charge is 2.20. The molecule has 1 aromatic rings. The molecule has 0 saturated carbocycles. The van der Waals surface area contributed by atoms with Crippen molar-refractivity contribution in [3.63, 3.8) is 0 Å². The maximum absolute atomic E-state index is 8.90. The van der Waals surface area contributed by atoms with Crippen LogP contribution in [0.3, 0.4) is 0 Å². The Morgan fingerprint density at radius 3 is 3.18 bits per heavy atom. The van der Waals surface area contributed by atoms with Crippen molar-refractivity contribution in [2.45, 2.75) is 25.9 Å². The SMILES string of the molecule is CCOC1CCCN(c2cccc(C#N)c2)C1. The van der Waals surface area contributed by atoms with Crippen molar-refractivity contribution in [2.75, 3.05) is 24.6 Å². The quantitative estimate of drug-likeness (QED) is 0.800. The molecule has 3 nitrogen and oxygen atoms in total. The fourth-order valence-corrected chi connectivity index (χ4v) is 2.32. The Hall–Kier alpha value is -1.53. The molecule has 3 heteroatoms. The molecule has 0 spiro atoms. The van der Waals surface area contributed by atoms with Crippen molar-refractivity contribution in [2.24, 2.45) is 0 Å². The third-order valence-corrected chi connectivity index (χ3v) is 3.12. The Bertz CT molecular complexity index is 409. The minimum absolute atomic E-state index is 0.333. The predicted molar refractivity (Wildman–Crippen MR) is 68.0 cm³/mol. The number of rotatable bonds is 3. The Balaban J connectivity index is 2.08. The van der Waals surface area contributed by atoms with Gasteiger partial charge in [-0.25, -0.2) is 0 Å². The number of ether oxygens (including phenoxy) is 1. The van der Waals surface area contributed by atoms with Gasteiger partial charge in [-0.2, -0.15) is 5.26 Å². The van der Waals surface area contributed by atoms with Gasteiger partial charge in [0.2, 0.25) is 0 Å². The fraction of sp³-hybridized carbons (Fsp3) is 0.500. The molecule has 2 rings (SSSR count). The molecule has 0 radical (unpaired) electrons. The second-order valence-corrected chi connectivity index (χ2v) is 4.33. The summed E-state index contributed by atoms with van der Waals surface area (Å²) in [6.07, 6.45) is 2.63. The van der Waals surface area contributed by atoms with E-state index < -0.39 is 0 Å². The van der Waals surface area contributed by atoms with Crippen molar-refractivity contribution >= 4 is 5.69 Å². The lowest BCUT2D eigenvalue weighted by Gasteiger charge is -2.34. The van der Waals surface area contributed by atoms with Crippen LogP contribution in [0.2, 0.25) is 0 Å². The zero-order valence-electron chi connectivity index (χ0n) is 10.2. The van der Waals surface area contributed by atoms with E-state index >= 15 is 0 Å². The number of nitriles is 1. The van der Waals surface area contributed by atoms with Crippen molar-refractivity contribution in [3.8, 4) is 6.07 Å². The van der Waals surface area contributed by atoms with Gasteiger partial charge in [-0.1, -0.05) is 6.07 Å². The summed E-state index contributed by atoms with van der Waals surface area (Å²) in [5.41, 5.74) is 1.86. The monoisotopic (exact) mass is 230 g/mol. The van der Waals surface area contributed by atoms with Gasteiger partial charge in [0.25, 0.3) is 0 Å². The molecule has 1 saturated heterocycles. The average molecular weight is 230 g/mol. The first-order valence-electron chi connectivity index (χ1n) is 6.20. The van der Waals surface area contributed by atoms with Crippen LogP contribution in [0.1, 0.15) is 25.3 Å². The lowest BCUT2D eigenvalue weighted by Crippen LogP contribution is -2.39. The summed E-state index contributed by atoms with van der Waals surface area (Å²) in [5.74, 6) is 0. The van der Waals surface area contributed by atoms with Crippen molar-refractivity contribution in [3.05, 3.63) is 29.8 Å². The van der Waals surface area contributed by atoms with Gasteiger partial charge in [0.1, 0.15) is 0 Å². The molecule has 1 heterocycles. The second-order valence-electron chi connectivity index (χ2n) is 4.33. The number of anilines is 1. The molecule has 1 aromatic carbocycles. The van der Waals surface area contributed by atoms with Gasteiger partial charge >= 0.3 is 0 Å². The van der Waals surface area contributed by atoms with Crippen LogP contribution in [0.25, 0.3) is 0 Å². The summed E-state index contributed by atoms with van der Waals surface area (Å²) in [5, 5.41) is 8.90. The highest BCUT2D eigenvalue weighted by atomic mass is 16.5. The zero-order valence-corrected chi connectivity index (χ0v) is 10.2. The van der Waals surface area contributed by atoms with E-state index in [-0.39, 0.29) is 0 Å². The number of hydrogen-bond donors (Lipinski definition) is 0. The van der Waals surface area contributed by atoms with E-state index in [0.29, 0.717) is 6.10 Å². The standard InChI is InChI=1S/C14H18N2O/c1-2-17-14-7-4-8-16(11-14)13-6-3-5-12(9-13)10-15/h3,5-6,9,14H,2,4,7-8,11H2,1H3. The van der Waals surface area contributed by atoms with Gasteiger partial charge in [-0.15, -0.1) is 0 Å². The van der Waals surface area contributed by atoms with E-state index in [9.17, 15) is 0 Å². The maximum atomic E-state index is 8.90. The molecule has 1 fully saturated rings. The predicted octanol–water partition coefficient (Wildman–Crippen LogP) is 2.56. The minimum Gasteiger partial charge on any atom is -0.377 e. The lowest BCUT2D eigenvalue weighted by molar-refractivity contribution is 0.0527. The first kappa shape index (κ1) is 11.9. The molecule has 0 N–H and O–H groups in total. The summed E-state index contributed by atoms with van der Waals surface area (Å²) in [6.45, 7) is 4.80. The first-order valence-corrected chi connectivity index (χ1v) is 6.20. The van der Waals surface area contributed by atoms with Gasteiger partial charge in [0.15, 0.2) is 0 Å². The lowest BCUT2D eigenvalue weighted by atomic mass is 10.1. The van der Waals surface area contributed by atoms with Crippen LogP contribution in [0.5, 0.6) is 0 Å². The largest absolute Gasteiger partial charge is 0.377 e. The van der Waals surface area contributed by atoms with Crippen LogP contribution in [0.15, 0.2) is 24.3 Å². The Kier molecular flexibility index (Phi) is 4.00. The molecule has 0 amide bonds. The molecular weight excluding hydrogens is 212 g/mol. The summed E-state index contributed by atoms with van der Waals surface area (Å²) in [7, 11) is 0. The van der Waals surface area contributed by atoms with Crippen molar-refractivity contribution in [1.82, 2.24) is 0 Å². The number of nitrogens with zero attached hydrogens (tertiary/aromatic N) is 2. The average Bonchev–Trinajstić information content (AvgIpc) is 2.40. The van der Waals surface area contributed by atoms with Crippen molar-refractivity contribution in [1.29, 1.82) is 5.26 Å². The summed E-state index contributed by atoms with van der Waals surface area (Å²) < 4.78 is 5.68. The molecule has 1 aliphatic rings. The zero-order chi connectivity index (χ0) is 12.1. The highest BCUT2D eigenvalue weighted by Crippen LogP contribution is 2.22. The smallest absolute Gasteiger partial charge is 0.0992 e. The van der Waals surface area contributed by atoms with Crippen LogP contribution >= 0.6 is 0 Å². The first-order chi connectivity index (χ1) is 8.33. The highest BCUT2D eigenvalue weighted by molar-refractivity contribution is 5.51. The van der Waals surface area contributed by atoms with Crippen LogP contribution in [0.4, 0.5) is 5.69 Å². The summed E-state index contributed by atoms with van der Waals surface area (Å²) in [6, 6.07) is 9.99. The van der Waals surface area contributed by atoms with E-state index in [1.807, 2.05) is 25.1 Å². The fourth-order valence-electron chi connectivity index (χ4n) is 2.32. The van der Waals surface area contributed by atoms with E-state index in [2.05, 4.69) is 17.0 Å². The minimum atomic E-state index is 0.333. The molecule has 1 atom stereocenters. The van der Waals surface area contributed by atoms with Gasteiger partial charge in [-0.05, 0) is 38.0 Å². The van der Waals surface area contributed by atoms with Crippen LogP contribution in [-0.2, 0) is 4.74 Å². The van der Waals surface area contributed by atoms with Crippen LogP contribution in [-0.4, -0.2) is 25.8 Å². The molecule has 17 heavy (non-hydrogen) atoms. The van der Waals surface area contributed by atoms with Gasteiger partial charge in [0, 0.05) is 25.4 Å². The Morgan fingerprint density at radius 2 is 2.41 bits per heavy atom. The van der Waals surface area contributed by atoms with E-state index in [0.717, 1.165) is 43.8 Å². The normalized spacial score (nSPS) is 20.0. The summed E-state index contributed by atoms with van der Waals surface area (Å²) in [4.78, 5) is 2.31. The summed E-state index contributed by atoms with van der Waals surface area (Å²) >= 11 is 0. The van der Waals surface area contributed by atoms with E-state index in [4.69, 9.17) is 10.00 Å². The van der Waals surface area contributed by atoms with E-state index in [1.54, 1.807) is 0 Å². The molecule has 0 aliphatic carbocycles. The molecular formula is C14H18N2O. The third-order valence-electron chi connectivity index (χ3n) is 3.12. The number of benzene rings is 1. The third kappa shape index (κ3) is 2.98. The maximum Gasteiger partial charge on any atom is 0.0992 e. The Labute approximate surface area is 103 Å². The number of hydrogen-bond acceptors (Lipinski definition) is 3. The van der Waals surface area contributed by atoms with Gasteiger partial charge in [0.05, 0.1) is 17.7 Å². The van der Waals surface area contributed by atoms with Crippen LogP contribution in [0, 0.1) is 11.3 Å². The number of piperidine rings is 1. The van der Waals surface area contributed by atoms with Gasteiger partial charge in [-0.3, -0.25) is 0 Å². The van der Waals surface area contributed by atoms with Gasteiger partial charge < -0.3 is 9.64 Å². The molecule has 0 aromatic heterocycles. The second kappa shape index (κ2) is 5.70.